The van der Waals surface area contributed by atoms with Gasteiger partial charge in [-0.3, -0.25) is 0 Å². The molecule has 130 valence electrons. The molecule has 1 aliphatic rings. The van der Waals surface area contributed by atoms with Crippen LogP contribution in [0.1, 0.15) is 35.7 Å². The second kappa shape index (κ2) is 5.35. The quantitative estimate of drug-likeness (QED) is 0.826. The molecule has 0 saturated heterocycles. The monoisotopic (exact) mass is 380 g/mol. The van der Waals surface area contributed by atoms with Crippen molar-refractivity contribution >= 4 is 25.7 Å². The number of alkyl halides is 3. The first-order chi connectivity index (χ1) is 11.0. The van der Waals surface area contributed by atoms with E-state index >= 15 is 0 Å². The topological polar surface area (TPSA) is 90.9 Å². The zero-order chi connectivity index (χ0) is 17.9. The maximum Gasteiger partial charge on any atom is 0.453 e. The van der Waals surface area contributed by atoms with Crippen LogP contribution in [0.4, 0.5) is 19.1 Å². The van der Waals surface area contributed by atoms with Crippen molar-refractivity contribution in [2.45, 2.75) is 36.8 Å². The summed E-state index contributed by atoms with van der Waals surface area (Å²) in [6.07, 6.45) is -2.96. The summed E-state index contributed by atoms with van der Waals surface area (Å²) in [5.74, 6) is -1.81. The predicted molar refractivity (Wildman–Crippen MR) is 80.5 cm³/mol. The van der Waals surface area contributed by atoms with E-state index in [1.165, 1.54) is 12.1 Å². The van der Waals surface area contributed by atoms with Crippen LogP contribution >= 0.6 is 10.7 Å². The van der Waals surface area contributed by atoms with Crippen LogP contribution in [-0.2, 0) is 15.2 Å². The summed E-state index contributed by atoms with van der Waals surface area (Å²) in [5, 5.41) is 3.29. The number of nitrogen functional groups attached to an aromatic ring is 1. The third-order valence-corrected chi connectivity index (χ3v) is 5.09. The summed E-state index contributed by atoms with van der Waals surface area (Å²) < 4.78 is 62.7. The van der Waals surface area contributed by atoms with E-state index in [1.54, 1.807) is 6.92 Å². The van der Waals surface area contributed by atoms with E-state index in [2.05, 4.69) is 10.1 Å². The van der Waals surface area contributed by atoms with E-state index in [1.807, 2.05) is 0 Å². The number of aromatic nitrogens is 3. The molecule has 0 atom stereocenters. The molecule has 6 nitrogen and oxygen atoms in total. The van der Waals surface area contributed by atoms with Crippen LogP contribution in [0.2, 0.25) is 0 Å². The number of rotatable bonds is 3. The molecule has 0 spiro atoms. The molecule has 1 aromatic carbocycles. The lowest BCUT2D eigenvalue weighted by Crippen LogP contribution is -2.11. The van der Waals surface area contributed by atoms with Crippen molar-refractivity contribution in [2.24, 2.45) is 0 Å². The molecule has 1 aliphatic carbocycles. The number of aryl methyl sites for hydroxylation is 1. The molecule has 2 N–H and O–H groups in total. The van der Waals surface area contributed by atoms with Gasteiger partial charge in [0.2, 0.25) is 5.95 Å². The van der Waals surface area contributed by atoms with Gasteiger partial charge in [-0.2, -0.15) is 22.8 Å². The molecule has 2 aromatic rings. The molecular weight excluding hydrogens is 369 g/mol. The molecule has 1 fully saturated rings. The molecule has 3 rings (SSSR count). The Balaban J connectivity index is 2.24. The van der Waals surface area contributed by atoms with E-state index in [0.717, 1.165) is 24.0 Å². The van der Waals surface area contributed by atoms with Gasteiger partial charge in [-0.25, -0.2) is 8.42 Å². The fourth-order valence-corrected chi connectivity index (χ4v) is 3.54. The van der Waals surface area contributed by atoms with Crippen LogP contribution in [0, 0.1) is 6.92 Å². The Morgan fingerprint density at radius 3 is 2.42 bits per heavy atom. The highest BCUT2D eigenvalue weighted by Gasteiger charge is 2.38. The molecule has 11 heteroatoms. The van der Waals surface area contributed by atoms with E-state index in [-0.39, 0.29) is 16.5 Å². The minimum Gasteiger partial charge on any atom is -0.368 e. The number of benzene rings is 1. The molecule has 1 aromatic heterocycles. The lowest BCUT2D eigenvalue weighted by molar-refractivity contribution is -0.144. The molecular formula is C13H12ClF3N4O2S. The van der Waals surface area contributed by atoms with Crippen molar-refractivity contribution in [3.05, 3.63) is 29.1 Å². The fraction of sp³-hybridized carbons (Fsp3) is 0.385. The second-order valence-electron chi connectivity index (χ2n) is 5.59. The van der Waals surface area contributed by atoms with Crippen molar-refractivity contribution < 1.29 is 21.6 Å². The van der Waals surface area contributed by atoms with Crippen LogP contribution in [0.25, 0.3) is 5.69 Å². The van der Waals surface area contributed by atoms with Gasteiger partial charge >= 0.3 is 6.18 Å². The van der Waals surface area contributed by atoms with E-state index in [4.69, 9.17) is 16.4 Å². The second-order valence-corrected chi connectivity index (χ2v) is 8.13. The summed E-state index contributed by atoms with van der Waals surface area (Å²) in [4.78, 5) is 2.80. The Bertz CT molecular complexity index is 920. The Hall–Kier alpha value is -1.81. The summed E-state index contributed by atoms with van der Waals surface area (Å²) in [6, 6.07) is 2.78. The van der Waals surface area contributed by atoms with Crippen LogP contribution in [-0.4, -0.2) is 23.2 Å². The zero-order valence-electron chi connectivity index (χ0n) is 12.3. The van der Waals surface area contributed by atoms with Crippen molar-refractivity contribution in [2.75, 3.05) is 5.73 Å². The molecule has 0 amide bonds. The molecule has 1 saturated carbocycles. The van der Waals surface area contributed by atoms with Gasteiger partial charge in [-0.15, -0.1) is 5.10 Å². The predicted octanol–water partition coefficient (Wildman–Crippen LogP) is 2.98. The first kappa shape index (κ1) is 17.0. The Kier molecular flexibility index (Phi) is 3.79. The molecule has 24 heavy (non-hydrogen) atoms. The third-order valence-electron chi connectivity index (χ3n) is 3.74. The fourth-order valence-electron chi connectivity index (χ4n) is 2.51. The number of anilines is 1. The van der Waals surface area contributed by atoms with Crippen molar-refractivity contribution in [1.82, 2.24) is 14.8 Å². The van der Waals surface area contributed by atoms with Crippen LogP contribution in [0.3, 0.4) is 0 Å². The Morgan fingerprint density at radius 2 is 1.96 bits per heavy atom. The summed E-state index contributed by atoms with van der Waals surface area (Å²) in [5.41, 5.74) is 6.86. The van der Waals surface area contributed by atoms with Gasteiger partial charge in [0.15, 0.2) is 0 Å². The summed E-state index contributed by atoms with van der Waals surface area (Å²) in [6.45, 7) is 1.74. The maximum atomic E-state index is 12.8. The molecule has 1 heterocycles. The SMILES string of the molecule is Cc1cc(-n2nc(C(F)(F)F)nc2N)c(S(=O)(=O)Cl)cc1C1CC1. The first-order valence-electron chi connectivity index (χ1n) is 6.88. The summed E-state index contributed by atoms with van der Waals surface area (Å²) in [7, 11) is 1.24. The first-order valence-corrected chi connectivity index (χ1v) is 9.18. The molecule has 0 radical (unpaired) electrons. The smallest absolute Gasteiger partial charge is 0.368 e. The number of nitrogens with zero attached hydrogens (tertiary/aromatic N) is 3. The van der Waals surface area contributed by atoms with Gasteiger partial charge in [0, 0.05) is 10.7 Å². The van der Waals surface area contributed by atoms with E-state index in [9.17, 15) is 21.6 Å². The minimum atomic E-state index is -4.80. The highest BCUT2D eigenvalue weighted by Crippen LogP contribution is 2.43. The largest absolute Gasteiger partial charge is 0.453 e. The normalized spacial score (nSPS) is 15.7. The number of halogens is 4. The van der Waals surface area contributed by atoms with Crippen LogP contribution < -0.4 is 5.73 Å². The van der Waals surface area contributed by atoms with Gasteiger partial charge in [0.05, 0.1) is 5.69 Å². The van der Waals surface area contributed by atoms with Gasteiger partial charge < -0.3 is 5.73 Å². The maximum absolute atomic E-state index is 12.8. The third kappa shape index (κ3) is 3.07. The van der Waals surface area contributed by atoms with E-state index in [0.29, 0.717) is 4.68 Å². The van der Waals surface area contributed by atoms with Crippen molar-refractivity contribution in [3.63, 3.8) is 0 Å². The van der Waals surface area contributed by atoms with Gasteiger partial charge in [-0.1, -0.05) is 0 Å². The van der Waals surface area contributed by atoms with Gasteiger partial charge in [-0.05, 0) is 48.9 Å². The number of hydrogen-bond acceptors (Lipinski definition) is 5. The van der Waals surface area contributed by atoms with Gasteiger partial charge in [0.25, 0.3) is 14.9 Å². The number of hydrogen-bond donors (Lipinski definition) is 1. The minimum absolute atomic E-state index is 0.160. The van der Waals surface area contributed by atoms with Crippen LogP contribution in [0.15, 0.2) is 17.0 Å². The summed E-state index contributed by atoms with van der Waals surface area (Å²) >= 11 is 0. The zero-order valence-corrected chi connectivity index (χ0v) is 13.9. The van der Waals surface area contributed by atoms with Crippen molar-refractivity contribution in [3.8, 4) is 5.69 Å². The molecule has 0 aliphatic heterocycles. The Labute approximate surface area is 139 Å². The lowest BCUT2D eigenvalue weighted by Gasteiger charge is -2.13. The lowest BCUT2D eigenvalue weighted by atomic mass is 10.0. The average Bonchev–Trinajstić information content (AvgIpc) is 3.18. The van der Waals surface area contributed by atoms with Crippen molar-refractivity contribution in [1.29, 1.82) is 0 Å². The molecule has 0 bridgehead atoms. The standard InChI is InChI=1S/C13H12ClF3N4O2S/c1-6-4-9(21-12(18)19-11(20-21)13(15,16)17)10(24(14,22)23)5-8(6)7-2-3-7/h4-5,7H,2-3H2,1H3,(H2,18,19,20). The average molecular weight is 381 g/mol. The highest BCUT2D eigenvalue weighted by atomic mass is 35.7. The Morgan fingerprint density at radius 1 is 1.33 bits per heavy atom. The van der Waals surface area contributed by atoms with E-state index < -0.39 is 27.0 Å². The number of nitrogens with two attached hydrogens (primary N) is 1. The highest BCUT2D eigenvalue weighted by molar-refractivity contribution is 8.13. The van der Waals surface area contributed by atoms with Gasteiger partial charge in [0.1, 0.15) is 4.90 Å². The molecule has 0 unspecified atom stereocenters. The van der Waals surface area contributed by atoms with Crippen LogP contribution in [0.5, 0.6) is 0 Å².